The molecule has 0 aliphatic carbocycles. The van der Waals surface area contributed by atoms with Crippen LogP contribution in [-0.2, 0) is 16.1 Å². The Morgan fingerprint density at radius 3 is 2.71 bits per heavy atom. The molecule has 5 nitrogen and oxygen atoms in total. The van der Waals surface area contributed by atoms with E-state index in [1.807, 2.05) is 30.3 Å². The average Bonchev–Trinajstić information content (AvgIpc) is 3.07. The van der Waals surface area contributed by atoms with Crippen LogP contribution in [0, 0.1) is 11.3 Å². The van der Waals surface area contributed by atoms with E-state index in [-0.39, 0.29) is 42.7 Å². The predicted octanol–water partition coefficient (Wildman–Crippen LogP) is 2.82. The first kappa shape index (κ1) is 17.2. The summed E-state index contributed by atoms with van der Waals surface area (Å²) in [4.78, 5) is 14.2. The maximum absolute atomic E-state index is 12.6. The minimum Gasteiger partial charge on any atom is -0.445 e. The Morgan fingerprint density at radius 2 is 2.04 bits per heavy atom. The topological polar surface area (TPSA) is 59.0 Å². The van der Waals surface area contributed by atoms with Gasteiger partial charge in [-0.1, -0.05) is 51.1 Å². The van der Waals surface area contributed by atoms with Crippen LogP contribution in [-0.4, -0.2) is 47.5 Å². The van der Waals surface area contributed by atoms with Crippen LogP contribution in [0.25, 0.3) is 0 Å². The molecule has 0 aromatic heterocycles. The molecule has 2 aliphatic rings. The van der Waals surface area contributed by atoms with E-state index in [1.54, 1.807) is 4.90 Å². The van der Waals surface area contributed by atoms with Crippen LogP contribution in [0.1, 0.15) is 32.8 Å². The Balaban J connectivity index is 1.66. The number of aliphatic hydroxyl groups excluding tert-OH is 1. The predicted molar refractivity (Wildman–Crippen MR) is 90.4 cm³/mol. The Kier molecular flexibility index (Phi) is 4.83. The number of amides is 1. The molecule has 1 amide bonds. The highest BCUT2D eigenvalue weighted by atomic mass is 16.6. The SMILES string of the molecule is CC(C)(C)CC1COC2C(O)CN(C(=O)OCc3ccccc3)C12. The van der Waals surface area contributed by atoms with E-state index < -0.39 is 6.10 Å². The molecule has 2 aliphatic heterocycles. The van der Waals surface area contributed by atoms with Crippen molar-refractivity contribution in [1.82, 2.24) is 4.90 Å². The lowest BCUT2D eigenvalue weighted by Gasteiger charge is -2.30. The molecule has 2 heterocycles. The van der Waals surface area contributed by atoms with Crippen molar-refractivity contribution < 1.29 is 19.4 Å². The number of hydrogen-bond donors (Lipinski definition) is 1. The van der Waals surface area contributed by atoms with Crippen molar-refractivity contribution in [2.75, 3.05) is 13.2 Å². The van der Waals surface area contributed by atoms with Gasteiger partial charge in [0.2, 0.25) is 0 Å². The van der Waals surface area contributed by atoms with Gasteiger partial charge in [0.05, 0.1) is 25.3 Å². The summed E-state index contributed by atoms with van der Waals surface area (Å²) in [6.45, 7) is 7.67. The second-order valence-electron chi connectivity index (χ2n) is 8.07. The molecule has 3 rings (SSSR count). The molecule has 2 fully saturated rings. The molecule has 4 atom stereocenters. The van der Waals surface area contributed by atoms with Crippen molar-refractivity contribution >= 4 is 6.09 Å². The van der Waals surface area contributed by atoms with E-state index in [0.717, 1.165) is 12.0 Å². The van der Waals surface area contributed by atoms with Gasteiger partial charge in [-0.3, -0.25) is 4.90 Å². The lowest BCUT2D eigenvalue weighted by Crippen LogP contribution is -2.42. The number of carbonyl (C=O) groups is 1. The zero-order valence-corrected chi connectivity index (χ0v) is 14.6. The number of carbonyl (C=O) groups excluding carboxylic acids is 1. The largest absolute Gasteiger partial charge is 0.445 e. The van der Waals surface area contributed by atoms with Gasteiger partial charge in [-0.05, 0) is 17.4 Å². The summed E-state index contributed by atoms with van der Waals surface area (Å²) in [5.41, 5.74) is 1.10. The number of ether oxygens (including phenoxy) is 2. The molecular formula is C19H27NO4. The molecule has 1 aromatic carbocycles. The van der Waals surface area contributed by atoms with Gasteiger partial charge in [-0.2, -0.15) is 0 Å². The Hall–Kier alpha value is -1.59. The third-order valence-electron chi connectivity index (χ3n) is 4.76. The second-order valence-corrected chi connectivity index (χ2v) is 8.07. The first-order chi connectivity index (χ1) is 11.3. The Bertz CT molecular complexity index is 568. The van der Waals surface area contributed by atoms with Crippen LogP contribution in [0.3, 0.4) is 0 Å². The zero-order chi connectivity index (χ0) is 17.3. The number of nitrogens with zero attached hydrogens (tertiary/aromatic N) is 1. The fraction of sp³-hybridized carbons (Fsp3) is 0.632. The summed E-state index contributed by atoms with van der Waals surface area (Å²) < 4.78 is 11.3. The van der Waals surface area contributed by atoms with E-state index in [0.29, 0.717) is 6.61 Å². The van der Waals surface area contributed by atoms with Crippen molar-refractivity contribution in [3.8, 4) is 0 Å². The number of fused-ring (bicyclic) bond motifs is 1. The van der Waals surface area contributed by atoms with Crippen LogP contribution in [0.2, 0.25) is 0 Å². The molecule has 0 radical (unpaired) electrons. The molecular weight excluding hydrogens is 306 g/mol. The fourth-order valence-corrected chi connectivity index (χ4v) is 3.86. The molecule has 0 saturated carbocycles. The third kappa shape index (κ3) is 3.73. The summed E-state index contributed by atoms with van der Waals surface area (Å²) >= 11 is 0. The highest BCUT2D eigenvalue weighted by molar-refractivity contribution is 5.69. The minimum absolute atomic E-state index is 0.0949. The van der Waals surface area contributed by atoms with Gasteiger partial charge in [0.25, 0.3) is 0 Å². The number of rotatable bonds is 3. The van der Waals surface area contributed by atoms with Crippen LogP contribution in [0.5, 0.6) is 0 Å². The van der Waals surface area contributed by atoms with Gasteiger partial charge in [0.1, 0.15) is 12.7 Å². The van der Waals surface area contributed by atoms with Gasteiger partial charge in [0.15, 0.2) is 0 Å². The van der Waals surface area contributed by atoms with E-state index in [9.17, 15) is 9.90 Å². The summed E-state index contributed by atoms with van der Waals surface area (Å²) in [7, 11) is 0. The van der Waals surface area contributed by atoms with Crippen molar-refractivity contribution in [2.24, 2.45) is 11.3 Å². The number of likely N-dealkylation sites (tertiary alicyclic amines) is 1. The summed E-state index contributed by atoms with van der Waals surface area (Å²) in [5, 5.41) is 10.2. The molecule has 132 valence electrons. The first-order valence-electron chi connectivity index (χ1n) is 8.62. The highest BCUT2D eigenvalue weighted by Crippen LogP contribution is 2.39. The molecule has 1 aromatic rings. The fourth-order valence-electron chi connectivity index (χ4n) is 3.86. The molecule has 5 heteroatoms. The number of β-amino-alcohol motifs (C(OH)–C–C–N with tert-alkyl or cyclic N) is 1. The van der Waals surface area contributed by atoms with Crippen molar-refractivity contribution in [3.63, 3.8) is 0 Å². The highest BCUT2D eigenvalue weighted by Gasteiger charge is 2.53. The van der Waals surface area contributed by atoms with Crippen molar-refractivity contribution in [1.29, 1.82) is 0 Å². The minimum atomic E-state index is -0.635. The maximum Gasteiger partial charge on any atom is 0.410 e. The smallest absolute Gasteiger partial charge is 0.410 e. The quantitative estimate of drug-likeness (QED) is 0.924. The van der Waals surface area contributed by atoms with Gasteiger partial charge in [0, 0.05) is 5.92 Å². The number of aliphatic hydroxyl groups is 1. The third-order valence-corrected chi connectivity index (χ3v) is 4.76. The second kappa shape index (κ2) is 6.73. The molecule has 0 spiro atoms. The van der Waals surface area contributed by atoms with Gasteiger partial charge < -0.3 is 14.6 Å². The van der Waals surface area contributed by atoms with Crippen LogP contribution < -0.4 is 0 Å². The number of hydrogen-bond acceptors (Lipinski definition) is 4. The summed E-state index contributed by atoms with van der Waals surface area (Å²) in [6, 6.07) is 9.53. The normalized spacial score (nSPS) is 29.6. The lowest BCUT2D eigenvalue weighted by molar-refractivity contribution is 0.0165. The van der Waals surface area contributed by atoms with Gasteiger partial charge in [-0.15, -0.1) is 0 Å². The average molecular weight is 333 g/mol. The molecule has 2 saturated heterocycles. The Labute approximate surface area is 143 Å². The van der Waals surface area contributed by atoms with E-state index in [2.05, 4.69) is 20.8 Å². The number of benzene rings is 1. The van der Waals surface area contributed by atoms with Crippen LogP contribution >= 0.6 is 0 Å². The van der Waals surface area contributed by atoms with Crippen LogP contribution in [0.4, 0.5) is 4.79 Å². The Morgan fingerprint density at radius 1 is 1.33 bits per heavy atom. The molecule has 0 bridgehead atoms. The first-order valence-corrected chi connectivity index (χ1v) is 8.62. The monoisotopic (exact) mass is 333 g/mol. The van der Waals surface area contributed by atoms with E-state index >= 15 is 0 Å². The maximum atomic E-state index is 12.6. The molecule has 4 unspecified atom stereocenters. The molecule has 1 N–H and O–H groups in total. The van der Waals surface area contributed by atoms with E-state index in [1.165, 1.54) is 0 Å². The zero-order valence-electron chi connectivity index (χ0n) is 14.6. The van der Waals surface area contributed by atoms with Crippen LogP contribution in [0.15, 0.2) is 30.3 Å². The standard InChI is InChI=1S/C19H27NO4/c1-19(2,3)9-14-12-23-17-15(21)10-20(16(14)17)18(22)24-11-13-7-5-4-6-8-13/h4-8,14-17,21H,9-12H2,1-3H3. The molecule has 24 heavy (non-hydrogen) atoms. The van der Waals surface area contributed by atoms with Gasteiger partial charge >= 0.3 is 6.09 Å². The van der Waals surface area contributed by atoms with Crippen molar-refractivity contribution in [3.05, 3.63) is 35.9 Å². The summed E-state index contributed by atoms with van der Waals surface area (Å²) in [6.07, 6.45) is -0.343. The van der Waals surface area contributed by atoms with E-state index in [4.69, 9.17) is 9.47 Å². The van der Waals surface area contributed by atoms with Gasteiger partial charge in [-0.25, -0.2) is 4.79 Å². The lowest BCUT2D eigenvalue weighted by atomic mass is 9.81. The van der Waals surface area contributed by atoms with Crippen molar-refractivity contribution in [2.45, 2.75) is 52.0 Å². The summed E-state index contributed by atoms with van der Waals surface area (Å²) in [5.74, 6) is 0.233.